The van der Waals surface area contributed by atoms with E-state index in [9.17, 15) is 4.48 Å². The molecular formula is C9H15FN4. The van der Waals surface area contributed by atoms with Gasteiger partial charge in [-0.2, -0.15) is 0 Å². The molecule has 1 aliphatic heterocycles. The van der Waals surface area contributed by atoms with E-state index >= 15 is 0 Å². The van der Waals surface area contributed by atoms with Crippen LogP contribution in [0.25, 0.3) is 0 Å². The first kappa shape index (κ1) is 9.61. The normalized spacial score (nSPS) is 20.1. The third kappa shape index (κ3) is 2.52. The summed E-state index contributed by atoms with van der Waals surface area (Å²) in [6.07, 6.45) is 5.54. The van der Waals surface area contributed by atoms with Crippen LogP contribution in [0.3, 0.4) is 0 Å². The zero-order valence-electron chi connectivity index (χ0n) is 8.14. The lowest BCUT2D eigenvalue weighted by molar-refractivity contribution is -0.0220. The van der Waals surface area contributed by atoms with Crippen molar-refractivity contribution in [3.8, 4) is 0 Å². The van der Waals surface area contributed by atoms with Crippen LogP contribution in [0.1, 0.15) is 0 Å². The molecule has 1 fully saturated rings. The summed E-state index contributed by atoms with van der Waals surface area (Å²) in [5.41, 5.74) is 0. The van der Waals surface area contributed by atoms with Gasteiger partial charge in [0, 0.05) is 51.7 Å². The molecule has 0 aromatic carbocycles. The molecule has 4 nitrogen and oxygen atoms in total. The average Bonchev–Trinajstić information content (AvgIpc) is 2.70. The molecule has 0 saturated carbocycles. The molecule has 2 heterocycles. The van der Waals surface area contributed by atoms with Crippen LogP contribution in [-0.4, -0.2) is 52.3 Å². The Morgan fingerprint density at radius 3 is 2.57 bits per heavy atom. The molecule has 0 amide bonds. The van der Waals surface area contributed by atoms with Gasteiger partial charge < -0.3 is 4.57 Å². The van der Waals surface area contributed by atoms with Crippen molar-refractivity contribution in [2.75, 3.05) is 32.7 Å². The summed E-state index contributed by atoms with van der Waals surface area (Å²) in [7, 11) is 0. The number of hydrogen-bond donors (Lipinski definition) is 0. The van der Waals surface area contributed by atoms with E-state index in [0.29, 0.717) is 13.1 Å². The van der Waals surface area contributed by atoms with Crippen LogP contribution in [0, 0.1) is 0 Å². The van der Waals surface area contributed by atoms with Gasteiger partial charge in [-0.05, 0) is 0 Å². The van der Waals surface area contributed by atoms with Crippen molar-refractivity contribution in [3.05, 3.63) is 18.7 Å². The van der Waals surface area contributed by atoms with E-state index in [2.05, 4.69) is 9.88 Å². The van der Waals surface area contributed by atoms with Crippen molar-refractivity contribution in [2.45, 2.75) is 6.54 Å². The van der Waals surface area contributed by atoms with E-state index in [1.165, 1.54) is 0 Å². The molecule has 2 rings (SSSR count). The Balaban J connectivity index is 1.71. The van der Waals surface area contributed by atoms with Gasteiger partial charge in [0.1, 0.15) is 0 Å². The van der Waals surface area contributed by atoms with E-state index < -0.39 is 0 Å². The van der Waals surface area contributed by atoms with E-state index in [-0.39, 0.29) is 0 Å². The quantitative estimate of drug-likeness (QED) is 0.656. The molecule has 1 aromatic rings. The lowest BCUT2D eigenvalue weighted by Gasteiger charge is -2.29. The van der Waals surface area contributed by atoms with Crippen LogP contribution in [0.4, 0.5) is 4.48 Å². The Bertz CT molecular complexity index is 254. The standard InChI is InChI=1S/C9H15FN4/c10-14-7-5-12(6-8-14)3-4-13-2-1-11-9-13/h1-2,9H,3-8H2. The molecule has 14 heavy (non-hydrogen) atoms. The maximum absolute atomic E-state index is 12.7. The molecule has 1 aliphatic rings. The Morgan fingerprint density at radius 1 is 1.14 bits per heavy atom. The second-order valence-corrected chi connectivity index (χ2v) is 3.55. The summed E-state index contributed by atoms with van der Waals surface area (Å²) < 4.78 is 14.7. The fourth-order valence-electron chi connectivity index (χ4n) is 1.62. The summed E-state index contributed by atoms with van der Waals surface area (Å²) >= 11 is 0. The molecule has 1 saturated heterocycles. The smallest absolute Gasteiger partial charge is 0.0946 e. The van der Waals surface area contributed by atoms with E-state index in [4.69, 9.17) is 0 Å². The first-order valence-corrected chi connectivity index (χ1v) is 4.93. The minimum absolute atomic E-state index is 0.532. The number of imidazole rings is 1. The fourth-order valence-corrected chi connectivity index (χ4v) is 1.62. The highest BCUT2D eigenvalue weighted by Crippen LogP contribution is 2.01. The second kappa shape index (κ2) is 4.52. The van der Waals surface area contributed by atoms with Crippen molar-refractivity contribution < 1.29 is 4.48 Å². The highest BCUT2D eigenvalue weighted by atomic mass is 19.2. The van der Waals surface area contributed by atoms with Gasteiger partial charge in [0.15, 0.2) is 0 Å². The van der Waals surface area contributed by atoms with Gasteiger partial charge in [-0.15, -0.1) is 9.60 Å². The van der Waals surface area contributed by atoms with Crippen LogP contribution in [0.2, 0.25) is 0 Å². The Morgan fingerprint density at radius 2 is 1.93 bits per heavy atom. The second-order valence-electron chi connectivity index (χ2n) is 3.55. The summed E-state index contributed by atoms with van der Waals surface area (Å²) in [5, 5.41) is 0.883. The maximum Gasteiger partial charge on any atom is 0.0946 e. The monoisotopic (exact) mass is 198 g/mol. The third-order valence-electron chi connectivity index (χ3n) is 2.55. The molecule has 0 radical (unpaired) electrons. The number of rotatable bonds is 3. The van der Waals surface area contributed by atoms with Gasteiger partial charge in [-0.3, -0.25) is 4.90 Å². The predicted molar refractivity (Wildman–Crippen MR) is 51.3 cm³/mol. The molecule has 0 unspecified atom stereocenters. The van der Waals surface area contributed by atoms with Crippen molar-refractivity contribution in [1.82, 2.24) is 19.6 Å². The fraction of sp³-hybridized carbons (Fsp3) is 0.667. The first-order valence-electron chi connectivity index (χ1n) is 4.93. The molecule has 0 N–H and O–H groups in total. The molecule has 0 spiro atoms. The van der Waals surface area contributed by atoms with Crippen LogP contribution in [0.15, 0.2) is 18.7 Å². The number of hydrogen-bond acceptors (Lipinski definition) is 3. The predicted octanol–water partition coefficient (Wildman–Crippen LogP) is 0.385. The Hall–Kier alpha value is -0.940. The van der Waals surface area contributed by atoms with Gasteiger partial charge in [0.25, 0.3) is 0 Å². The first-order chi connectivity index (χ1) is 6.84. The average molecular weight is 198 g/mol. The molecule has 5 heteroatoms. The molecular weight excluding hydrogens is 183 g/mol. The van der Waals surface area contributed by atoms with E-state index in [1.807, 2.05) is 17.1 Å². The number of piperazine rings is 1. The number of halogens is 1. The van der Waals surface area contributed by atoms with Crippen molar-refractivity contribution in [3.63, 3.8) is 0 Å². The highest BCUT2D eigenvalue weighted by molar-refractivity contribution is 4.75. The topological polar surface area (TPSA) is 24.3 Å². The van der Waals surface area contributed by atoms with Gasteiger partial charge in [-0.25, -0.2) is 4.98 Å². The zero-order chi connectivity index (χ0) is 9.80. The molecule has 0 atom stereocenters. The van der Waals surface area contributed by atoms with Gasteiger partial charge in [0.05, 0.1) is 6.33 Å². The van der Waals surface area contributed by atoms with Crippen molar-refractivity contribution in [1.29, 1.82) is 0 Å². The lowest BCUT2D eigenvalue weighted by atomic mass is 10.3. The Labute approximate surface area is 82.9 Å². The third-order valence-corrected chi connectivity index (χ3v) is 2.55. The summed E-state index contributed by atoms with van der Waals surface area (Å²) in [6.45, 7) is 4.63. The van der Waals surface area contributed by atoms with Gasteiger partial charge >= 0.3 is 0 Å². The van der Waals surface area contributed by atoms with Crippen LogP contribution in [-0.2, 0) is 6.54 Å². The molecule has 78 valence electrons. The minimum Gasteiger partial charge on any atom is -0.336 e. The van der Waals surface area contributed by atoms with Crippen LogP contribution in [0.5, 0.6) is 0 Å². The number of aromatic nitrogens is 2. The van der Waals surface area contributed by atoms with E-state index in [0.717, 1.165) is 31.3 Å². The summed E-state index contributed by atoms with van der Waals surface area (Å²) in [4.78, 5) is 6.25. The Kier molecular flexibility index (Phi) is 3.10. The van der Waals surface area contributed by atoms with E-state index in [1.54, 1.807) is 6.20 Å². The molecule has 0 aliphatic carbocycles. The maximum atomic E-state index is 12.7. The molecule has 0 bridgehead atoms. The largest absolute Gasteiger partial charge is 0.336 e. The lowest BCUT2D eigenvalue weighted by Crippen LogP contribution is -2.43. The van der Waals surface area contributed by atoms with Crippen LogP contribution >= 0.6 is 0 Å². The SMILES string of the molecule is FN1CCN(CCn2ccnc2)CC1. The zero-order valence-corrected chi connectivity index (χ0v) is 8.14. The number of nitrogens with zero attached hydrogens (tertiary/aromatic N) is 4. The van der Waals surface area contributed by atoms with Gasteiger partial charge in [0.2, 0.25) is 0 Å². The summed E-state index contributed by atoms with van der Waals surface area (Å²) in [5.74, 6) is 0. The summed E-state index contributed by atoms with van der Waals surface area (Å²) in [6, 6.07) is 0. The highest BCUT2D eigenvalue weighted by Gasteiger charge is 2.15. The minimum atomic E-state index is 0.532. The van der Waals surface area contributed by atoms with Crippen molar-refractivity contribution in [2.24, 2.45) is 0 Å². The van der Waals surface area contributed by atoms with Crippen LogP contribution < -0.4 is 0 Å². The molecule has 1 aromatic heterocycles. The van der Waals surface area contributed by atoms with Gasteiger partial charge in [-0.1, -0.05) is 0 Å². The van der Waals surface area contributed by atoms with Crippen molar-refractivity contribution >= 4 is 0 Å².